The summed E-state index contributed by atoms with van der Waals surface area (Å²) < 4.78 is 72.6. The van der Waals surface area contributed by atoms with Gasteiger partial charge >= 0.3 is 0 Å². The first-order valence-electron chi connectivity index (χ1n) is 25.8. The molecule has 0 atom stereocenters. The van der Waals surface area contributed by atoms with Crippen molar-refractivity contribution in [3.63, 3.8) is 0 Å². The molecule has 0 saturated carbocycles. The third-order valence-corrected chi connectivity index (χ3v) is 13.9. The van der Waals surface area contributed by atoms with Crippen molar-refractivity contribution < 1.29 is 45.7 Å². The molecule has 2 amide bonds. The predicted octanol–water partition coefficient (Wildman–Crippen LogP) is 5.43. The fraction of sp³-hybridized carbons (Fsp3) is 0.346. The lowest BCUT2D eigenvalue weighted by molar-refractivity contribution is 0.0937. The highest BCUT2D eigenvalue weighted by atomic mass is 32.2. The Kier molecular flexibility index (Phi) is 22.9. The summed E-state index contributed by atoms with van der Waals surface area (Å²) in [6, 6.07) is 20.9. The molecule has 0 spiro atoms. The number of hydrogen-bond acceptors (Lipinski definition) is 22. The van der Waals surface area contributed by atoms with Crippen molar-refractivity contribution in [3.05, 3.63) is 107 Å². The number of aromatic nitrogens is 6. The second kappa shape index (κ2) is 29.9. The van der Waals surface area contributed by atoms with Crippen molar-refractivity contribution in [3.8, 4) is 0 Å². The van der Waals surface area contributed by atoms with Gasteiger partial charge in [-0.05, 0) is 136 Å². The number of benzene rings is 4. The van der Waals surface area contributed by atoms with Crippen molar-refractivity contribution in [1.29, 1.82) is 0 Å². The summed E-state index contributed by atoms with van der Waals surface area (Å²) in [4.78, 5) is 55.2. The smallest absolute Gasteiger partial charge is 0.295 e. The van der Waals surface area contributed by atoms with Crippen LogP contribution in [0.1, 0.15) is 72.4 Å². The van der Waals surface area contributed by atoms with Gasteiger partial charge in [-0.1, -0.05) is 52.0 Å². The summed E-state index contributed by atoms with van der Waals surface area (Å²) in [7, 11) is -9.86. The lowest BCUT2D eigenvalue weighted by Crippen LogP contribution is -2.26. The normalized spacial score (nSPS) is 11.7. The van der Waals surface area contributed by atoms with E-state index in [1.54, 1.807) is 48.5 Å². The first kappa shape index (κ1) is 61.3. The van der Waals surface area contributed by atoms with Gasteiger partial charge in [0.05, 0.1) is 13.2 Å². The number of hydrogen-bond donors (Lipinski definition) is 12. The molecule has 0 aliphatic carbocycles. The SMILES string of the molecule is CCN(CC)CCCNc1nc(Nc2ccc(C(=O)NCCO)cc2)nc(Nc2ccc(C=Cc3ccc(Nc4nc(NCCCN(CC)CC)nc(Nc5ccc(C(=O)NCCO)cc5)n4)cc3S(=O)(=O)O)c(S(=O)(=O)O)c2)n1. The number of aliphatic hydroxyl groups excluding tert-OH is 2. The molecule has 0 fully saturated rings. The molecule has 2 heterocycles. The lowest BCUT2D eigenvalue weighted by Gasteiger charge is -2.18. The first-order chi connectivity index (χ1) is 38.4. The molecule has 4 aromatic carbocycles. The van der Waals surface area contributed by atoms with E-state index in [0.29, 0.717) is 35.6 Å². The van der Waals surface area contributed by atoms with Crippen LogP contribution in [0.15, 0.2) is 94.7 Å². The highest BCUT2D eigenvalue weighted by Gasteiger charge is 2.20. The third-order valence-electron chi connectivity index (χ3n) is 12.1. The van der Waals surface area contributed by atoms with Gasteiger partial charge in [-0.25, -0.2) is 0 Å². The average molecular weight is 1140 g/mol. The Hall–Kier alpha value is -7.96. The number of nitrogens with zero attached hydrogens (tertiary/aromatic N) is 8. The van der Waals surface area contributed by atoms with E-state index in [9.17, 15) is 35.5 Å². The summed E-state index contributed by atoms with van der Waals surface area (Å²) in [5, 5.41) is 41.9. The van der Waals surface area contributed by atoms with E-state index in [1.165, 1.54) is 36.4 Å². The quantitative estimate of drug-likeness (QED) is 0.0142. The summed E-state index contributed by atoms with van der Waals surface area (Å²) in [6.07, 6.45) is 4.05. The molecule has 0 saturated heterocycles. The topological polar surface area (TPSA) is 363 Å². The Bertz CT molecular complexity index is 3060. The summed E-state index contributed by atoms with van der Waals surface area (Å²) in [6.45, 7) is 14.4. The molecule has 26 nitrogen and oxygen atoms in total. The van der Waals surface area contributed by atoms with Gasteiger partial charge in [0.15, 0.2) is 0 Å². The number of carbonyl (C=O) groups excluding carboxylic acids is 2. The zero-order valence-corrected chi connectivity index (χ0v) is 46.4. The Balaban J connectivity index is 1.25. The van der Waals surface area contributed by atoms with Gasteiger partial charge in [0, 0.05) is 60.1 Å². The van der Waals surface area contributed by atoms with Gasteiger partial charge in [0.1, 0.15) is 9.79 Å². The molecule has 6 aromatic rings. The zero-order valence-electron chi connectivity index (χ0n) is 44.8. The number of carbonyl (C=O) groups is 2. The molecule has 80 heavy (non-hydrogen) atoms. The third kappa shape index (κ3) is 18.9. The standard InChI is InChI=1S/C52H68N16O10S2/c1-5-67(6-2)29-9-25-55-47-61-49(57-39-19-15-37(16-20-39)45(71)53-27-31-69)65-51(63-47)59-41-23-13-35(43(33-41)79(73,74)75)11-12-36-14-24-42(34-44(36)80(76,77)78)60-52-64-48(56-26-10-30-68(7-3)8-4)62-50(66-52)58-40-21-17-38(18-22-40)46(72)54-28-32-70/h11-24,33-34,69-70H,5-10,25-32H2,1-4H3,(H,53,71)(H,54,72)(H,73,74,75)(H,76,77,78)(H3,55,57,59,61,63,65)(H3,56,58,60,62,64,66). The monoisotopic (exact) mass is 1140 g/mol. The van der Waals surface area contributed by atoms with E-state index in [2.05, 4.69) is 110 Å². The minimum absolute atomic E-state index is 0.0130. The molecule has 28 heteroatoms. The van der Waals surface area contributed by atoms with Crippen LogP contribution >= 0.6 is 0 Å². The maximum Gasteiger partial charge on any atom is 0.295 e. The lowest BCUT2D eigenvalue weighted by atomic mass is 10.1. The van der Waals surface area contributed by atoms with Crippen LogP contribution in [0.3, 0.4) is 0 Å². The molecule has 0 bridgehead atoms. The van der Waals surface area contributed by atoms with Gasteiger partial charge in [-0.2, -0.15) is 46.7 Å². The number of anilines is 10. The van der Waals surface area contributed by atoms with E-state index in [0.717, 1.165) is 64.2 Å². The molecular formula is C52H68N16O10S2. The Morgan fingerprint density at radius 2 is 0.775 bits per heavy atom. The molecule has 0 aliphatic rings. The van der Waals surface area contributed by atoms with Crippen molar-refractivity contribution in [2.75, 3.05) is 111 Å². The van der Waals surface area contributed by atoms with Crippen LogP contribution in [-0.4, -0.2) is 166 Å². The van der Waals surface area contributed by atoms with E-state index in [1.807, 2.05) is 0 Å². The fourth-order valence-electron chi connectivity index (χ4n) is 7.81. The number of nitrogens with one attached hydrogen (secondary N) is 8. The highest BCUT2D eigenvalue weighted by molar-refractivity contribution is 7.86. The van der Waals surface area contributed by atoms with Gasteiger partial charge in [0.25, 0.3) is 32.1 Å². The molecule has 12 N–H and O–H groups in total. The largest absolute Gasteiger partial charge is 0.395 e. The summed E-state index contributed by atoms with van der Waals surface area (Å²) >= 11 is 0. The van der Waals surface area contributed by atoms with Gasteiger partial charge < -0.3 is 62.5 Å². The van der Waals surface area contributed by atoms with Crippen molar-refractivity contribution in [2.45, 2.75) is 50.3 Å². The zero-order chi connectivity index (χ0) is 57.7. The Morgan fingerprint density at radius 3 is 1.09 bits per heavy atom. The Morgan fingerprint density at radius 1 is 0.463 bits per heavy atom. The van der Waals surface area contributed by atoms with Crippen LogP contribution in [0, 0.1) is 0 Å². The molecule has 6 rings (SSSR count). The molecule has 0 unspecified atom stereocenters. The molecule has 0 aliphatic heterocycles. The highest BCUT2D eigenvalue weighted by Crippen LogP contribution is 2.29. The first-order valence-corrected chi connectivity index (χ1v) is 28.7. The number of amides is 2. The van der Waals surface area contributed by atoms with Gasteiger partial charge in [-0.15, -0.1) is 0 Å². The van der Waals surface area contributed by atoms with Crippen LogP contribution in [0.25, 0.3) is 12.2 Å². The number of aliphatic hydroxyl groups is 2. The van der Waals surface area contributed by atoms with E-state index >= 15 is 0 Å². The van der Waals surface area contributed by atoms with E-state index in [-0.39, 0.29) is 96.3 Å². The second-order valence-corrected chi connectivity index (χ2v) is 20.4. The molecule has 0 radical (unpaired) electrons. The maximum atomic E-state index is 12.9. The number of rotatable bonds is 32. The van der Waals surface area contributed by atoms with Crippen LogP contribution in [0.4, 0.5) is 58.4 Å². The summed E-state index contributed by atoms with van der Waals surface area (Å²) in [5.41, 5.74) is 1.95. The maximum absolute atomic E-state index is 12.9. The fourth-order valence-corrected chi connectivity index (χ4v) is 9.23. The van der Waals surface area contributed by atoms with Crippen molar-refractivity contribution in [1.82, 2.24) is 50.3 Å². The second-order valence-electron chi connectivity index (χ2n) is 17.6. The van der Waals surface area contributed by atoms with Crippen molar-refractivity contribution in [2.24, 2.45) is 0 Å². The van der Waals surface area contributed by atoms with E-state index < -0.39 is 30.0 Å². The van der Waals surface area contributed by atoms with Gasteiger partial charge in [-0.3, -0.25) is 18.7 Å². The van der Waals surface area contributed by atoms with Crippen LogP contribution in [-0.2, 0) is 20.2 Å². The average Bonchev–Trinajstić information content (AvgIpc) is 3.46. The minimum atomic E-state index is -4.93. The van der Waals surface area contributed by atoms with Crippen LogP contribution in [0.5, 0.6) is 0 Å². The molecule has 2 aromatic heterocycles. The minimum Gasteiger partial charge on any atom is -0.395 e. The van der Waals surface area contributed by atoms with Crippen LogP contribution < -0.4 is 42.5 Å². The predicted molar refractivity (Wildman–Crippen MR) is 308 cm³/mol. The summed E-state index contributed by atoms with van der Waals surface area (Å²) in [5.74, 6) is -0.198. The van der Waals surface area contributed by atoms with E-state index in [4.69, 9.17) is 10.2 Å². The van der Waals surface area contributed by atoms with Crippen LogP contribution in [0.2, 0.25) is 0 Å². The van der Waals surface area contributed by atoms with Gasteiger partial charge in [0.2, 0.25) is 35.7 Å². The van der Waals surface area contributed by atoms with Crippen molar-refractivity contribution >= 4 is 103 Å². The molecular weight excluding hydrogens is 1070 g/mol. The Labute approximate surface area is 464 Å². The molecule has 428 valence electrons.